The van der Waals surface area contributed by atoms with Gasteiger partial charge in [-0.25, -0.2) is 8.78 Å². The number of benzene rings is 2. The molecule has 0 spiro atoms. The van der Waals surface area contributed by atoms with Gasteiger partial charge < -0.3 is 10.5 Å². The van der Waals surface area contributed by atoms with Gasteiger partial charge in [-0.15, -0.1) is 0 Å². The van der Waals surface area contributed by atoms with E-state index < -0.39 is 17.7 Å². The molecule has 0 saturated heterocycles. The lowest BCUT2D eigenvalue weighted by atomic mass is 9.97. The summed E-state index contributed by atoms with van der Waals surface area (Å²) >= 11 is 0. The molecule has 0 fully saturated rings. The van der Waals surface area contributed by atoms with Crippen LogP contribution in [0.4, 0.5) is 8.78 Å². The third kappa shape index (κ3) is 2.74. The van der Waals surface area contributed by atoms with Crippen LogP contribution in [0, 0.1) is 18.6 Å². The molecule has 19 heavy (non-hydrogen) atoms. The van der Waals surface area contributed by atoms with Crippen LogP contribution in [0.2, 0.25) is 0 Å². The normalized spacial score (nSPS) is 12.3. The molecule has 2 aromatic rings. The highest BCUT2D eigenvalue weighted by molar-refractivity contribution is 5.42. The Bertz CT molecular complexity index is 599. The Labute approximate surface area is 110 Å². The second-order valence-corrected chi connectivity index (χ2v) is 4.39. The van der Waals surface area contributed by atoms with E-state index in [-0.39, 0.29) is 0 Å². The maximum absolute atomic E-state index is 13.8. The van der Waals surface area contributed by atoms with E-state index in [1.54, 1.807) is 12.1 Å². The molecule has 0 aliphatic rings. The van der Waals surface area contributed by atoms with Gasteiger partial charge in [0.05, 0.1) is 13.2 Å². The standard InChI is InChI=1S/C15H15F2NO/c1-9-3-5-13(17)11(7-9)15(18)12-8-10(16)4-6-14(12)19-2/h3-8,15H,18H2,1-2H3. The molecule has 4 heteroatoms. The van der Waals surface area contributed by atoms with Crippen molar-refractivity contribution in [3.63, 3.8) is 0 Å². The highest BCUT2D eigenvalue weighted by atomic mass is 19.1. The van der Waals surface area contributed by atoms with Crippen molar-refractivity contribution in [3.05, 3.63) is 64.7 Å². The number of hydrogen-bond donors (Lipinski definition) is 1. The summed E-state index contributed by atoms with van der Waals surface area (Å²) in [7, 11) is 1.47. The Hall–Kier alpha value is -1.94. The van der Waals surface area contributed by atoms with Gasteiger partial charge in [0.15, 0.2) is 0 Å². The first-order chi connectivity index (χ1) is 9.02. The van der Waals surface area contributed by atoms with Crippen LogP contribution in [0.15, 0.2) is 36.4 Å². The van der Waals surface area contributed by atoms with Gasteiger partial charge >= 0.3 is 0 Å². The van der Waals surface area contributed by atoms with E-state index in [1.807, 2.05) is 6.92 Å². The molecule has 0 aliphatic carbocycles. The van der Waals surface area contributed by atoms with Crippen molar-refractivity contribution in [2.24, 2.45) is 5.73 Å². The van der Waals surface area contributed by atoms with E-state index in [0.717, 1.165) is 5.56 Å². The maximum Gasteiger partial charge on any atom is 0.128 e. The van der Waals surface area contributed by atoms with Crippen LogP contribution in [-0.4, -0.2) is 7.11 Å². The van der Waals surface area contributed by atoms with Crippen LogP contribution in [0.3, 0.4) is 0 Å². The quantitative estimate of drug-likeness (QED) is 0.921. The van der Waals surface area contributed by atoms with E-state index in [2.05, 4.69) is 0 Å². The average Bonchev–Trinajstić information content (AvgIpc) is 2.40. The number of ether oxygens (including phenoxy) is 1. The average molecular weight is 263 g/mol. The van der Waals surface area contributed by atoms with Crippen LogP contribution in [0.1, 0.15) is 22.7 Å². The number of halogens is 2. The molecule has 2 N–H and O–H groups in total. The number of nitrogens with two attached hydrogens (primary N) is 1. The van der Waals surface area contributed by atoms with Gasteiger partial charge in [-0.2, -0.15) is 0 Å². The Morgan fingerprint density at radius 3 is 2.47 bits per heavy atom. The molecule has 100 valence electrons. The lowest BCUT2D eigenvalue weighted by Crippen LogP contribution is -2.15. The second-order valence-electron chi connectivity index (χ2n) is 4.39. The van der Waals surface area contributed by atoms with Crippen molar-refractivity contribution in [2.75, 3.05) is 7.11 Å². The molecule has 0 amide bonds. The topological polar surface area (TPSA) is 35.2 Å². The molecule has 0 heterocycles. The number of methoxy groups -OCH3 is 1. The Morgan fingerprint density at radius 1 is 1.05 bits per heavy atom. The van der Waals surface area contributed by atoms with Crippen molar-refractivity contribution < 1.29 is 13.5 Å². The summed E-state index contributed by atoms with van der Waals surface area (Å²) in [4.78, 5) is 0. The minimum Gasteiger partial charge on any atom is -0.496 e. The van der Waals surface area contributed by atoms with E-state index in [9.17, 15) is 8.78 Å². The number of hydrogen-bond acceptors (Lipinski definition) is 2. The predicted molar refractivity (Wildman–Crippen MR) is 70.1 cm³/mol. The molecule has 0 aliphatic heterocycles. The van der Waals surface area contributed by atoms with Crippen LogP contribution < -0.4 is 10.5 Å². The third-order valence-electron chi connectivity index (χ3n) is 3.01. The lowest BCUT2D eigenvalue weighted by Gasteiger charge is -2.17. The second kappa shape index (κ2) is 5.36. The summed E-state index contributed by atoms with van der Waals surface area (Å²) in [5.41, 5.74) is 7.68. The number of rotatable bonds is 3. The van der Waals surface area contributed by atoms with E-state index in [1.165, 1.54) is 31.4 Å². The zero-order valence-corrected chi connectivity index (χ0v) is 10.8. The van der Waals surface area contributed by atoms with Gasteiger partial charge in [-0.3, -0.25) is 0 Å². The molecular weight excluding hydrogens is 248 g/mol. The maximum atomic E-state index is 13.8. The Kier molecular flexibility index (Phi) is 3.81. The van der Waals surface area contributed by atoms with Crippen LogP contribution in [-0.2, 0) is 0 Å². The van der Waals surface area contributed by atoms with Crippen LogP contribution >= 0.6 is 0 Å². The third-order valence-corrected chi connectivity index (χ3v) is 3.01. The predicted octanol–water partition coefficient (Wildman–Crippen LogP) is 3.33. The summed E-state index contributed by atoms with van der Waals surface area (Å²) < 4.78 is 32.3. The van der Waals surface area contributed by atoms with Crippen molar-refractivity contribution in [3.8, 4) is 5.75 Å². The van der Waals surface area contributed by atoms with Gasteiger partial charge in [0.2, 0.25) is 0 Å². The minimum atomic E-state index is -0.773. The zero-order valence-electron chi connectivity index (χ0n) is 10.8. The lowest BCUT2D eigenvalue weighted by molar-refractivity contribution is 0.406. The molecule has 2 nitrogen and oxygen atoms in total. The first-order valence-corrected chi connectivity index (χ1v) is 5.88. The monoisotopic (exact) mass is 263 g/mol. The molecule has 0 radical (unpaired) electrons. The first-order valence-electron chi connectivity index (χ1n) is 5.88. The van der Waals surface area contributed by atoms with Crippen molar-refractivity contribution >= 4 is 0 Å². The summed E-state index contributed by atoms with van der Waals surface area (Å²) in [5.74, 6) is -0.404. The fraction of sp³-hybridized carbons (Fsp3) is 0.200. The molecule has 0 aromatic heterocycles. The fourth-order valence-electron chi connectivity index (χ4n) is 2.02. The Balaban J connectivity index is 2.51. The van der Waals surface area contributed by atoms with Crippen LogP contribution in [0.5, 0.6) is 5.75 Å². The van der Waals surface area contributed by atoms with E-state index in [0.29, 0.717) is 16.9 Å². The zero-order chi connectivity index (χ0) is 14.0. The van der Waals surface area contributed by atoms with Gasteiger partial charge in [0.1, 0.15) is 17.4 Å². The molecule has 2 aromatic carbocycles. The van der Waals surface area contributed by atoms with E-state index in [4.69, 9.17) is 10.5 Å². The van der Waals surface area contributed by atoms with Gasteiger partial charge in [0, 0.05) is 11.1 Å². The molecule has 1 unspecified atom stereocenters. The Morgan fingerprint density at radius 2 is 1.79 bits per heavy atom. The SMILES string of the molecule is COc1ccc(F)cc1C(N)c1cc(C)ccc1F. The first kappa shape index (κ1) is 13.5. The molecule has 0 bridgehead atoms. The number of aryl methyl sites for hydroxylation is 1. The van der Waals surface area contributed by atoms with Crippen molar-refractivity contribution in [2.45, 2.75) is 13.0 Å². The molecule has 0 saturated carbocycles. The highest BCUT2D eigenvalue weighted by Gasteiger charge is 2.18. The smallest absolute Gasteiger partial charge is 0.128 e. The largest absolute Gasteiger partial charge is 0.496 e. The highest BCUT2D eigenvalue weighted by Crippen LogP contribution is 2.30. The van der Waals surface area contributed by atoms with Crippen molar-refractivity contribution in [1.29, 1.82) is 0 Å². The molecular formula is C15H15F2NO. The molecule has 2 rings (SSSR count). The van der Waals surface area contributed by atoms with Gasteiger partial charge in [-0.05, 0) is 31.2 Å². The summed E-state index contributed by atoms with van der Waals surface area (Å²) in [6.45, 7) is 1.85. The fourth-order valence-corrected chi connectivity index (χ4v) is 2.02. The van der Waals surface area contributed by atoms with E-state index >= 15 is 0 Å². The molecule has 1 atom stereocenters. The summed E-state index contributed by atoms with van der Waals surface area (Å²) in [5, 5.41) is 0. The van der Waals surface area contributed by atoms with Gasteiger partial charge in [-0.1, -0.05) is 17.7 Å². The minimum absolute atomic E-state index is 0.323. The van der Waals surface area contributed by atoms with Crippen molar-refractivity contribution in [1.82, 2.24) is 0 Å². The summed E-state index contributed by atoms with van der Waals surface area (Å²) in [6.07, 6.45) is 0. The summed E-state index contributed by atoms with van der Waals surface area (Å²) in [6, 6.07) is 7.94. The van der Waals surface area contributed by atoms with Gasteiger partial charge in [0.25, 0.3) is 0 Å². The van der Waals surface area contributed by atoms with Crippen LogP contribution in [0.25, 0.3) is 0 Å².